The van der Waals surface area contributed by atoms with Crippen LogP contribution in [0.25, 0.3) is 0 Å². The van der Waals surface area contributed by atoms with Gasteiger partial charge in [0.05, 0.1) is 19.3 Å². The third-order valence-electron chi connectivity index (χ3n) is 2.25. The highest BCUT2D eigenvalue weighted by Gasteiger charge is 2.29. The second-order valence-corrected chi connectivity index (χ2v) is 3.82. The molecule has 1 aliphatic heterocycles. The number of amides is 1. The Balaban J connectivity index is 2.34. The average Bonchev–Trinajstić information content (AvgIpc) is 2.70. The molecule has 2 rings (SSSR count). The number of anilines is 1. The van der Waals surface area contributed by atoms with Crippen LogP contribution < -0.4 is 9.64 Å². The lowest BCUT2D eigenvalue weighted by atomic mass is 10.2. The molecule has 4 nitrogen and oxygen atoms in total. The minimum atomic E-state index is -0.368. The summed E-state index contributed by atoms with van der Waals surface area (Å²) in [4.78, 5) is 13.2. The van der Waals surface area contributed by atoms with Crippen molar-refractivity contribution in [2.75, 3.05) is 18.6 Å². The first-order valence-electron chi connectivity index (χ1n) is 4.68. The highest BCUT2D eigenvalue weighted by Crippen LogP contribution is 2.31. The molecule has 0 atom stereocenters. The summed E-state index contributed by atoms with van der Waals surface area (Å²) >= 11 is 2.05. The van der Waals surface area contributed by atoms with Crippen LogP contribution in [0.3, 0.4) is 0 Å². The van der Waals surface area contributed by atoms with Gasteiger partial charge >= 0.3 is 6.09 Å². The molecule has 0 aliphatic carbocycles. The normalized spacial score (nSPS) is 17.8. The van der Waals surface area contributed by atoms with Crippen molar-refractivity contribution in [2.24, 2.45) is 0 Å². The zero-order chi connectivity index (χ0) is 11.5. The molecule has 0 bridgehead atoms. The molecule has 0 unspecified atom stereocenters. The summed E-state index contributed by atoms with van der Waals surface area (Å²) in [5.41, 5.74) is 0.725. The summed E-state index contributed by atoms with van der Waals surface area (Å²) in [6.07, 6.45) is -0.368. The van der Waals surface area contributed by atoms with Crippen LogP contribution in [0.4, 0.5) is 10.5 Å². The number of halogens is 1. The fourth-order valence-corrected chi connectivity index (χ4v) is 1.84. The second kappa shape index (κ2) is 4.73. The Kier molecular flexibility index (Phi) is 3.33. The monoisotopic (exact) mass is 331 g/mol. The van der Waals surface area contributed by atoms with E-state index in [0.29, 0.717) is 18.1 Å². The topological polar surface area (TPSA) is 38.8 Å². The molecule has 84 valence electrons. The van der Waals surface area contributed by atoms with E-state index < -0.39 is 0 Å². The first kappa shape index (κ1) is 11.3. The number of methoxy groups -OCH3 is 1. The lowest BCUT2D eigenvalue weighted by Crippen LogP contribution is -2.23. The number of hydrogen-bond acceptors (Lipinski definition) is 3. The Morgan fingerprint density at radius 3 is 2.88 bits per heavy atom. The number of ether oxygens (including phenoxy) is 2. The number of hydrogen-bond donors (Lipinski definition) is 0. The molecule has 5 heteroatoms. The zero-order valence-corrected chi connectivity index (χ0v) is 10.8. The van der Waals surface area contributed by atoms with Crippen LogP contribution in [0, 0.1) is 0 Å². The summed E-state index contributed by atoms with van der Waals surface area (Å²) < 4.78 is 12.0. The van der Waals surface area contributed by atoms with E-state index in [-0.39, 0.29) is 6.09 Å². The van der Waals surface area contributed by atoms with Gasteiger partial charge in [-0.15, -0.1) is 0 Å². The summed E-state index contributed by atoms with van der Waals surface area (Å²) in [7, 11) is 1.58. The third-order valence-corrected chi connectivity index (χ3v) is 2.95. The molecular formula is C11H10INO3. The fourth-order valence-electron chi connectivity index (χ4n) is 1.51. The van der Waals surface area contributed by atoms with E-state index in [1.54, 1.807) is 16.1 Å². The highest BCUT2D eigenvalue weighted by atomic mass is 127. The van der Waals surface area contributed by atoms with Crippen LogP contribution in [0.2, 0.25) is 0 Å². The van der Waals surface area contributed by atoms with E-state index in [2.05, 4.69) is 0 Å². The quantitative estimate of drug-likeness (QED) is 0.782. The van der Waals surface area contributed by atoms with Gasteiger partial charge in [-0.2, -0.15) is 0 Å². The van der Waals surface area contributed by atoms with Gasteiger partial charge in [-0.25, -0.2) is 4.79 Å². The maximum atomic E-state index is 11.6. The maximum absolute atomic E-state index is 11.6. The molecule has 1 amide bonds. The average molecular weight is 331 g/mol. The van der Waals surface area contributed by atoms with Gasteiger partial charge in [0.1, 0.15) is 11.5 Å². The summed E-state index contributed by atoms with van der Waals surface area (Å²) in [6, 6.07) is 7.36. The smallest absolute Gasteiger partial charge is 0.420 e. The molecule has 0 aromatic heterocycles. The van der Waals surface area contributed by atoms with Gasteiger partial charge in [-0.1, -0.05) is 12.1 Å². The van der Waals surface area contributed by atoms with Gasteiger partial charge in [0.25, 0.3) is 0 Å². The molecule has 16 heavy (non-hydrogen) atoms. The Morgan fingerprint density at radius 1 is 1.50 bits per heavy atom. The van der Waals surface area contributed by atoms with Gasteiger partial charge in [-0.05, 0) is 34.7 Å². The molecule has 1 aromatic carbocycles. The van der Waals surface area contributed by atoms with Crippen LogP contribution in [-0.2, 0) is 4.74 Å². The molecule has 1 aromatic rings. The maximum Gasteiger partial charge on any atom is 0.420 e. The van der Waals surface area contributed by atoms with Crippen molar-refractivity contribution < 1.29 is 14.3 Å². The second-order valence-electron chi connectivity index (χ2n) is 3.20. The number of cyclic esters (lactones) is 1. The summed E-state index contributed by atoms with van der Waals surface area (Å²) in [5.74, 6) is 1.31. The van der Waals surface area contributed by atoms with E-state index in [1.165, 1.54) is 0 Å². The zero-order valence-electron chi connectivity index (χ0n) is 8.64. The van der Waals surface area contributed by atoms with Gasteiger partial charge < -0.3 is 9.47 Å². The molecular weight excluding hydrogens is 321 g/mol. The lowest BCUT2D eigenvalue weighted by molar-refractivity contribution is 0.199. The van der Waals surface area contributed by atoms with Gasteiger partial charge in [0.15, 0.2) is 0 Å². The Labute approximate surface area is 107 Å². The van der Waals surface area contributed by atoms with Gasteiger partial charge in [0, 0.05) is 4.08 Å². The van der Waals surface area contributed by atoms with Gasteiger partial charge in [-0.3, -0.25) is 4.90 Å². The van der Waals surface area contributed by atoms with Crippen LogP contribution in [-0.4, -0.2) is 19.7 Å². The molecule has 1 fully saturated rings. The highest BCUT2D eigenvalue weighted by molar-refractivity contribution is 14.1. The van der Waals surface area contributed by atoms with E-state index in [9.17, 15) is 4.79 Å². The molecule has 0 radical (unpaired) electrons. The van der Waals surface area contributed by atoms with Crippen LogP contribution in [0.15, 0.2) is 34.1 Å². The van der Waals surface area contributed by atoms with Crippen molar-refractivity contribution in [3.05, 3.63) is 34.1 Å². The number of nitrogens with zero attached hydrogens (tertiary/aromatic N) is 1. The molecule has 0 N–H and O–H groups in total. The molecule has 1 saturated heterocycles. The van der Waals surface area contributed by atoms with E-state index in [0.717, 1.165) is 5.69 Å². The van der Waals surface area contributed by atoms with Crippen molar-refractivity contribution >= 4 is 34.4 Å². The van der Waals surface area contributed by atoms with Crippen molar-refractivity contribution in [1.82, 2.24) is 0 Å². The van der Waals surface area contributed by atoms with Crippen molar-refractivity contribution in [2.45, 2.75) is 0 Å². The number of carbonyl (C=O) groups is 1. The van der Waals surface area contributed by atoms with Crippen LogP contribution in [0.5, 0.6) is 5.75 Å². The number of para-hydroxylation sites is 2. The van der Waals surface area contributed by atoms with E-state index in [4.69, 9.17) is 9.47 Å². The SMILES string of the molecule is COc1ccccc1N1C/C(=C/I)OC1=O. The van der Waals surface area contributed by atoms with E-state index in [1.807, 2.05) is 46.9 Å². The molecule has 0 spiro atoms. The lowest BCUT2D eigenvalue weighted by Gasteiger charge is -2.15. The third kappa shape index (κ3) is 1.99. The molecule has 1 aliphatic rings. The summed E-state index contributed by atoms with van der Waals surface area (Å²) in [5, 5.41) is 0. The van der Waals surface area contributed by atoms with Gasteiger partial charge in [0.2, 0.25) is 0 Å². The van der Waals surface area contributed by atoms with Crippen molar-refractivity contribution in [3.8, 4) is 5.75 Å². The summed E-state index contributed by atoms with van der Waals surface area (Å²) in [6.45, 7) is 0.447. The molecule has 1 heterocycles. The van der Waals surface area contributed by atoms with Crippen LogP contribution in [0.1, 0.15) is 0 Å². The predicted octanol–water partition coefficient (Wildman–Crippen LogP) is 2.93. The first-order chi connectivity index (χ1) is 7.76. The standard InChI is InChI=1S/C11H10INO3/c1-15-10-5-3-2-4-9(10)13-7-8(6-12)16-11(13)14/h2-6H,7H2,1H3/b8-6-. The van der Waals surface area contributed by atoms with Crippen LogP contribution >= 0.6 is 22.6 Å². The Bertz CT molecular complexity index is 445. The van der Waals surface area contributed by atoms with E-state index >= 15 is 0 Å². The minimum absolute atomic E-state index is 0.368. The number of rotatable bonds is 2. The Hall–Kier alpha value is -1.24. The fraction of sp³-hybridized carbons (Fsp3) is 0.182. The Morgan fingerprint density at radius 2 is 2.25 bits per heavy atom. The number of benzene rings is 1. The molecule has 0 saturated carbocycles. The predicted molar refractivity (Wildman–Crippen MR) is 68.9 cm³/mol. The number of carbonyl (C=O) groups excluding carboxylic acids is 1. The largest absolute Gasteiger partial charge is 0.495 e. The van der Waals surface area contributed by atoms with Crippen molar-refractivity contribution in [3.63, 3.8) is 0 Å². The van der Waals surface area contributed by atoms with Crippen molar-refractivity contribution in [1.29, 1.82) is 0 Å². The minimum Gasteiger partial charge on any atom is -0.495 e. The first-order valence-corrected chi connectivity index (χ1v) is 5.92.